The molecule has 1 aliphatic heterocycles. The SMILES string of the molecule is CNCC1COCCN1c1nc[nH]c(=O)c1Cl. The van der Waals surface area contributed by atoms with E-state index in [1.807, 2.05) is 11.9 Å². The highest BCUT2D eigenvalue weighted by atomic mass is 35.5. The van der Waals surface area contributed by atoms with Crippen molar-refractivity contribution in [2.45, 2.75) is 6.04 Å². The molecule has 0 spiro atoms. The van der Waals surface area contributed by atoms with Crippen LogP contribution in [-0.4, -0.2) is 49.4 Å². The van der Waals surface area contributed by atoms with Crippen molar-refractivity contribution in [3.8, 4) is 0 Å². The Hall–Kier alpha value is -1.11. The van der Waals surface area contributed by atoms with Crippen LogP contribution in [-0.2, 0) is 4.74 Å². The Kier molecular flexibility index (Phi) is 3.98. The molecule has 0 aromatic carbocycles. The Bertz CT molecular complexity index is 435. The fourth-order valence-electron chi connectivity index (χ4n) is 1.91. The Balaban J connectivity index is 2.29. The summed E-state index contributed by atoms with van der Waals surface area (Å²) in [6.07, 6.45) is 1.37. The van der Waals surface area contributed by atoms with E-state index in [0.717, 1.165) is 6.54 Å². The number of rotatable bonds is 3. The highest BCUT2D eigenvalue weighted by Gasteiger charge is 2.26. The minimum Gasteiger partial charge on any atom is -0.377 e. The molecule has 1 atom stereocenters. The second-order valence-corrected chi connectivity index (χ2v) is 4.23. The minimum absolute atomic E-state index is 0.135. The van der Waals surface area contributed by atoms with Crippen LogP contribution >= 0.6 is 11.6 Å². The van der Waals surface area contributed by atoms with Gasteiger partial charge in [-0.3, -0.25) is 4.79 Å². The molecular weight excluding hydrogens is 244 g/mol. The number of aromatic nitrogens is 2. The highest BCUT2D eigenvalue weighted by Crippen LogP contribution is 2.22. The summed E-state index contributed by atoms with van der Waals surface area (Å²) in [6, 6.07) is 0.139. The summed E-state index contributed by atoms with van der Waals surface area (Å²) in [6.45, 7) is 2.66. The molecule has 0 saturated carbocycles. The fourth-order valence-corrected chi connectivity index (χ4v) is 2.12. The third-order valence-electron chi connectivity index (χ3n) is 2.72. The fraction of sp³-hybridized carbons (Fsp3) is 0.600. The van der Waals surface area contributed by atoms with E-state index in [1.165, 1.54) is 6.33 Å². The van der Waals surface area contributed by atoms with E-state index < -0.39 is 0 Å². The molecule has 2 rings (SSSR count). The maximum absolute atomic E-state index is 11.4. The van der Waals surface area contributed by atoms with Gasteiger partial charge in [0.05, 0.1) is 25.6 Å². The summed E-state index contributed by atoms with van der Waals surface area (Å²) in [5.41, 5.74) is -0.314. The minimum atomic E-state index is -0.314. The number of likely N-dealkylation sites (N-methyl/N-ethyl adjacent to an activating group) is 1. The molecular formula is C10H15ClN4O2. The number of aromatic amines is 1. The summed E-state index contributed by atoms with van der Waals surface area (Å²) < 4.78 is 5.42. The average Bonchev–Trinajstić information content (AvgIpc) is 2.34. The lowest BCUT2D eigenvalue weighted by Crippen LogP contribution is -2.50. The summed E-state index contributed by atoms with van der Waals surface area (Å²) in [5, 5.41) is 3.23. The molecule has 1 fully saturated rings. The first-order chi connectivity index (χ1) is 8.24. The molecule has 2 heterocycles. The highest BCUT2D eigenvalue weighted by molar-refractivity contribution is 6.32. The van der Waals surface area contributed by atoms with Gasteiger partial charge in [-0.1, -0.05) is 11.6 Å². The van der Waals surface area contributed by atoms with Crippen LogP contribution in [0.15, 0.2) is 11.1 Å². The van der Waals surface area contributed by atoms with Crippen molar-refractivity contribution in [2.75, 3.05) is 38.3 Å². The summed E-state index contributed by atoms with van der Waals surface area (Å²) >= 11 is 5.98. The van der Waals surface area contributed by atoms with Crippen molar-refractivity contribution in [2.24, 2.45) is 0 Å². The molecule has 17 heavy (non-hydrogen) atoms. The van der Waals surface area contributed by atoms with Crippen molar-refractivity contribution in [1.29, 1.82) is 0 Å². The molecule has 7 heteroatoms. The first kappa shape index (κ1) is 12.3. The van der Waals surface area contributed by atoms with Crippen LogP contribution in [0, 0.1) is 0 Å². The van der Waals surface area contributed by atoms with E-state index in [4.69, 9.17) is 16.3 Å². The molecule has 0 amide bonds. The lowest BCUT2D eigenvalue weighted by Gasteiger charge is -2.36. The maximum atomic E-state index is 11.4. The van der Waals surface area contributed by atoms with Gasteiger partial charge in [0.1, 0.15) is 5.02 Å². The van der Waals surface area contributed by atoms with Crippen LogP contribution in [0.3, 0.4) is 0 Å². The Morgan fingerprint density at radius 1 is 1.76 bits per heavy atom. The molecule has 0 bridgehead atoms. The van der Waals surface area contributed by atoms with Crippen LogP contribution in [0.4, 0.5) is 5.82 Å². The molecule has 0 aliphatic carbocycles. The Labute approximate surface area is 104 Å². The average molecular weight is 259 g/mol. The van der Waals surface area contributed by atoms with Crippen molar-refractivity contribution < 1.29 is 4.74 Å². The van der Waals surface area contributed by atoms with Crippen molar-refractivity contribution in [1.82, 2.24) is 15.3 Å². The van der Waals surface area contributed by atoms with Gasteiger partial charge in [0.15, 0.2) is 5.82 Å². The molecule has 2 N–H and O–H groups in total. The van der Waals surface area contributed by atoms with E-state index >= 15 is 0 Å². The van der Waals surface area contributed by atoms with Crippen LogP contribution in [0.2, 0.25) is 5.02 Å². The van der Waals surface area contributed by atoms with E-state index in [0.29, 0.717) is 25.6 Å². The number of hydrogen-bond donors (Lipinski definition) is 2. The summed E-state index contributed by atoms with van der Waals surface area (Å²) in [4.78, 5) is 20.1. The second-order valence-electron chi connectivity index (χ2n) is 3.85. The lowest BCUT2D eigenvalue weighted by atomic mass is 10.2. The van der Waals surface area contributed by atoms with E-state index in [1.54, 1.807) is 0 Å². The normalized spacial score (nSPS) is 20.6. The molecule has 1 saturated heterocycles. The van der Waals surface area contributed by atoms with Crippen LogP contribution in [0.5, 0.6) is 0 Å². The number of halogens is 1. The molecule has 1 aromatic rings. The van der Waals surface area contributed by atoms with Crippen LogP contribution in [0.25, 0.3) is 0 Å². The third-order valence-corrected chi connectivity index (χ3v) is 3.06. The van der Waals surface area contributed by atoms with E-state index in [-0.39, 0.29) is 16.6 Å². The number of nitrogens with zero attached hydrogens (tertiary/aromatic N) is 2. The first-order valence-corrected chi connectivity index (χ1v) is 5.84. The second kappa shape index (κ2) is 5.48. The lowest BCUT2D eigenvalue weighted by molar-refractivity contribution is 0.0939. The van der Waals surface area contributed by atoms with E-state index in [2.05, 4.69) is 15.3 Å². The zero-order chi connectivity index (χ0) is 12.3. The quantitative estimate of drug-likeness (QED) is 0.789. The number of hydrogen-bond acceptors (Lipinski definition) is 5. The zero-order valence-electron chi connectivity index (χ0n) is 9.57. The number of ether oxygens (including phenoxy) is 1. The largest absolute Gasteiger partial charge is 0.377 e. The number of H-pyrrole nitrogens is 1. The predicted octanol–water partition coefficient (Wildman–Crippen LogP) is -0.152. The van der Waals surface area contributed by atoms with Crippen molar-refractivity contribution in [3.63, 3.8) is 0 Å². The van der Waals surface area contributed by atoms with Crippen LogP contribution < -0.4 is 15.8 Å². The molecule has 6 nitrogen and oxygen atoms in total. The molecule has 0 radical (unpaired) electrons. The monoisotopic (exact) mass is 258 g/mol. The molecule has 1 aromatic heterocycles. The van der Waals surface area contributed by atoms with E-state index in [9.17, 15) is 4.79 Å². The van der Waals surface area contributed by atoms with Gasteiger partial charge >= 0.3 is 0 Å². The summed E-state index contributed by atoms with van der Waals surface area (Å²) in [7, 11) is 1.87. The van der Waals surface area contributed by atoms with Crippen molar-refractivity contribution in [3.05, 3.63) is 21.7 Å². The first-order valence-electron chi connectivity index (χ1n) is 5.46. The Morgan fingerprint density at radius 3 is 3.35 bits per heavy atom. The van der Waals surface area contributed by atoms with Gasteiger partial charge in [-0.2, -0.15) is 0 Å². The van der Waals surface area contributed by atoms with Crippen molar-refractivity contribution >= 4 is 17.4 Å². The number of nitrogens with one attached hydrogen (secondary N) is 2. The molecule has 1 unspecified atom stereocenters. The van der Waals surface area contributed by atoms with Gasteiger partial charge in [0.2, 0.25) is 0 Å². The standard InChI is InChI=1S/C10H15ClN4O2/c1-12-4-7-5-17-3-2-15(7)9-8(11)10(16)14-6-13-9/h6-7,12H,2-5H2,1H3,(H,13,14,16). The van der Waals surface area contributed by atoms with Gasteiger partial charge in [0.25, 0.3) is 5.56 Å². The number of anilines is 1. The van der Waals surface area contributed by atoms with Gasteiger partial charge in [-0.05, 0) is 7.05 Å². The molecule has 94 valence electrons. The van der Waals surface area contributed by atoms with Gasteiger partial charge < -0.3 is 19.9 Å². The smallest absolute Gasteiger partial charge is 0.271 e. The predicted molar refractivity (Wildman–Crippen MR) is 65.7 cm³/mol. The topological polar surface area (TPSA) is 70.2 Å². The zero-order valence-corrected chi connectivity index (χ0v) is 10.3. The Morgan fingerprint density at radius 2 is 2.59 bits per heavy atom. The third kappa shape index (κ3) is 2.59. The van der Waals surface area contributed by atoms with Gasteiger partial charge in [-0.25, -0.2) is 4.98 Å². The van der Waals surface area contributed by atoms with Gasteiger partial charge in [-0.15, -0.1) is 0 Å². The molecule has 1 aliphatic rings. The van der Waals surface area contributed by atoms with Crippen LogP contribution in [0.1, 0.15) is 0 Å². The number of morpholine rings is 1. The van der Waals surface area contributed by atoms with Gasteiger partial charge in [0, 0.05) is 13.1 Å². The summed E-state index contributed by atoms with van der Waals surface area (Å²) in [5.74, 6) is 0.527. The maximum Gasteiger partial charge on any atom is 0.271 e.